The fourth-order valence-electron chi connectivity index (χ4n) is 1.21. The van der Waals surface area contributed by atoms with Crippen molar-refractivity contribution in [3.63, 3.8) is 0 Å². The number of benzene rings is 1. The van der Waals surface area contributed by atoms with Gasteiger partial charge in [0, 0.05) is 10.9 Å². The van der Waals surface area contributed by atoms with Crippen molar-refractivity contribution in [2.45, 2.75) is 10.8 Å². The molecule has 2 aromatic rings. The van der Waals surface area contributed by atoms with Crippen LogP contribution in [-0.4, -0.2) is 10.7 Å². The maximum Gasteiger partial charge on any atom is 0.290 e. The number of alkyl halides is 2. The third kappa shape index (κ3) is 1.83. The third-order valence-electron chi connectivity index (χ3n) is 1.72. The number of fused-ring (bicyclic) bond motifs is 1. The lowest BCUT2D eigenvalue weighted by atomic mass is 10.3. The second-order valence-electron chi connectivity index (χ2n) is 2.60. The lowest BCUT2D eigenvalue weighted by molar-refractivity contribution is 0.252. The molecule has 0 unspecified atom stereocenters. The van der Waals surface area contributed by atoms with Gasteiger partial charge in [-0.2, -0.15) is 8.78 Å². The van der Waals surface area contributed by atoms with Crippen molar-refractivity contribution in [3.05, 3.63) is 30.3 Å². The van der Waals surface area contributed by atoms with E-state index in [-0.39, 0.29) is 0 Å². The van der Waals surface area contributed by atoms with Gasteiger partial charge in [0.05, 0.1) is 5.03 Å². The Morgan fingerprint density at radius 1 is 1.23 bits per heavy atom. The Bertz CT molecular complexity index is 378. The largest absolute Gasteiger partial charge is 0.350 e. The summed E-state index contributed by atoms with van der Waals surface area (Å²) in [5.74, 6) is -2.37. The number of thioether (sulfide) groups is 1. The van der Waals surface area contributed by atoms with E-state index in [1.54, 1.807) is 6.07 Å². The van der Waals surface area contributed by atoms with Gasteiger partial charge in [-0.05, 0) is 23.9 Å². The number of hydrogen-bond acceptors (Lipinski definition) is 1. The molecule has 0 amide bonds. The summed E-state index contributed by atoms with van der Waals surface area (Å²) in [6.45, 7) is 0. The zero-order valence-corrected chi connectivity index (χ0v) is 7.44. The molecule has 0 aliphatic heterocycles. The molecule has 4 heteroatoms. The molecule has 1 aromatic heterocycles. The van der Waals surface area contributed by atoms with Crippen LogP contribution >= 0.6 is 11.8 Å². The second-order valence-corrected chi connectivity index (χ2v) is 3.63. The number of hydrogen-bond donors (Lipinski definition) is 1. The molecule has 0 bridgehead atoms. The van der Waals surface area contributed by atoms with Crippen molar-refractivity contribution in [2.75, 3.05) is 0 Å². The first-order valence-electron chi connectivity index (χ1n) is 3.78. The van der Waals surface area contributed by atoms with Gasteiger partial charge in [0.1, 0.15) is 0 Å². The Morgan fingerprint density at radius 2 is 2.00 bits per heavy atom. The number of para-hydroxylation sites is 1. The van der Waals surface area contributed by atoms with E-state index in [4.69, 9.17) is 0 Å². The van der Waals surface area contributed by atoms with E-state index in [9.17, 15) is 8.78 Å². The van der Waals surface area contributed by atoms with Gasteiger partial charge in [0.25, 0.3) is 5.76 Å². The van der Waals surface area contributed by atoms with Crippen LogP contribution < -0.4 is 0 Å². The first-order chi connectivity index (χ1) is 6.25. The van der Waals surface area contributed by atoms with Crippen LogP contribution in [-0.2, 0) is 0 Å². The van der Waals surface area contributed by atoms with Crippen LogP contribution in [0.3, 0.4) is 0 Å². The Labute approximate surface area is 78.1 Å². The van der Waals surface area contributed by atoms with Gasteiger partial charge in [0.15, 0.2) is 0 Å². The van der Waals surface area contributed by atoms with Crippen LogP contribution in [0.15, 0.2) is 35.4 Å². The van der Waals surface area contributed by atoms with Crippen molar-refractivity contribution in [3.8, 4) is 0 Å². The molecule has 2 rings (SSSR count). The molecule has 0 radical (unpaired) electrons. The van der Waals surface area contributed by atoms with Crippen molar-refractivity contribution < 1.29 is 8.78 Å². The summed E-state index contributed by atoms with van der Waals surface area (Å²) in [7, 11) is 0. The van der Waals surface area contributed by atoms with Crippen LogP contribution in [0.25, 0.3) is 10.9 Å². The highest BCUT2D eigenvalue weighted by Gasteiger charge is 2.07. The zero-order valence-electron chi connectivity index (χ0n) is 6.63. The summed E-state index contributed by atoms with van der Waals surface area (Å²) in [5.41, 5.74) is 0.894. The molecule has 13 heavy (non-hydrogen) atoms. The number of aromatic nitrogens is 1. The summed E-state index contributed by atoms with van der Waals surface area (Å²) in [6, 6.07) is 9.24. The van der Waals surface area contributed by atoms with Gasteiger partial charge in [-0.25, -0.2) is 0 Å². The van der Waals surface area contributed by atoms with E-state index in [1.165, 1.54) is 0 Å². The summed E-state index contributed by atoms with van der Waals surface area (Å²) in [6.07, 6.45) is 0. The highest BCUT2D eigenvalue weighted by Crippen LogP contribution is 2.27. The average molecular weight is 199 g/mol. The topological polar surface area (TPSA) is 15.8 Å². The van der Waals surface area contributed by atoms with Crippen molar-refractivity contribution in [2.24, 2.45) is 0 Å². The van der Waals surface area contributed by atoms with E-state index in [1.807, 2.05) is 24.3 Å². The number of nitrogens with one attached hydrogen (secondary N) is 1. The molecular weight excluding hydrogens is 192 g/mol. The molecule has 0 saturated carbocycles. The lowest BCUT2D eigenvalue weighted by Gasteiger charge is -1.92. The highest BCUT2D eigenvalue weighted by atomic mass is 32.2. The van der Waals surface area contributed by atoms with Gasteiger partial charge < -0.3 is 4.98 Å². The number of aromatic amines is 1. The maximum atomic E-state index is 12.0. The Kier molecular flexibility index (Phi) is 2.22. The fraction of sp³-hybridized carbons (Fsp3) is 0.111. The highest BCUT2D eigenvalue weighted by molar-refractivity contribution is 7.99. The molecule has 0 aliphatic rings. The first kappa shape index (κ1) is 8.56. The molecule has 1 heterocycles. The predicted molar refractivity (Wildman–Crippen MR) is 50.2 cm³/mol. The minimum atomic E-state index is -2.37. The van der Waals surface area contributed by atoms with Gasteiger partial charge in [-0.15, -0.1) is 0 Å². The van der Waals surface area contributed by atoms with Gasteiger partial charge in [0.2, 0.25) is 0 Å². The molecule has 1 N–H and O–H groups in total. The number of halogens is 2. The van der Waals surface area contributed by atoms with E-state index in [2.05, 4.69) is 4.98 Å². The van der Waals surface area contributed by atoms with E-state index >= 15 is 0 Å². The van der Waals surface area contributed by atoms with Gasteiger partial charge in [-0.3, -0.25) is 0 Å². The summed E-state index contributed by atoms with van der Waals surface area (Å²) < 4.78 is 24.0. The van der Waals surface area contributed by atoms with Crippen molar-refractivity contribution >= 4 is 22.7 Å². The van der Waals surface area contributed by atoms with Crippen LogP contribution in [0.4, 0.5) is 8.78 Å². The lowest BCUT2D eigenvalue weighted by Crippen LogP contribution is -1.79. The molecular formula is C9H7F2NS. The SMILES string of the molecule is FC(F)Sc1cc2ccccc2[nH]1. The number of rotatable bonds is 2. The summed E-state index contributed by atoms with van der Waals surface area (Å²) >= 11 is 0.535. The molecule has 1 aromatic carbocycles. The first-order valence-corrected chi connectivity index (χ1v) is 4.66. The van der Waals surface area contributed by atoms with Crippen molar-refractivity contribution in [1.29, 1.82) is 0 Å². The smallest absolute Gasteiger partial charge is 0.290 e. The summed E-state index contributed by atoms with van der Waals surface area (Å²) in [4.78, 5) is 2.91. The molecule has 0 fully saturated rings. The van der Waals surface area contributed by atoms with Crippen LogP contribution in [0.2, 0.25) is 0 Å². The summed E-state index contributed by atoms with van der Waals surface area (Å²) in [5, 5.41) is 1.47. The standard InChI is InChI=1S/C9H7F2NS/c10-9(11)13-8-5-6-3-1-2-4-7(6)12-8/h1-5,9,12H. The third-order valence-corrected chi connectivity index (χ3v) is 2.37. The fourth-order valence-corrected chi connectivity index (χ4v) is 1.76. The van der Waals surface area contributed by atoms with E-state index in [0.717, 1.165) is 10.9 Å². The average Bonchev–Trinajstić information content (AvgIpc) is 2.44. The molecule has 0 saturated heterocycles. The van der Waals surface area contributed by atoms with Gasteiger partial charge >= 0.3 is 0 Å². The Balaban J connectivity index is 2.38. The van der Waals surface area contributed by atoms with Crippen LogP contribution in [0.1, 0.15) is 0 Å². The van der Waals surface area contributed by atoms with Crippen LogP contribution in [0.5, 0.6) is 0 Å². The van der Waals surface area contributed by atoms with E-state index in [0.29, 0.717) is 16.8 Å². The minimum Gasteiger partial charge on any atom is -0.350 e. The molecule has 0 atom stereocenters. The normalized spacial score (nSPS) is 11.3. The number of H-pyrrole nitrogens is 1. The molecule has 0 spiro atoms. The molecule has 1 nitrogen and oxygen atoms in total. The minimum absolute atomic E-state index is 0.510. The van der Waals surface area contributed by atoms with Gasteiger partial charge in [-0.1, -0.05) is 18.2 Å². The predicted octanol–water partition coefficient (Wildman–Crippen LogP) is 3.48. The van der Waals surface area contributed by atoms with Crippen molar-refractivity contribution in [1.82, 2.24) is 4.98 Å². The Hall–Kier alpha value is -1.03. The maximum absolute atomic E-state index is 12.0. The van der Waals surface area contributed by atoms with Crippen LogP contribution in [0, 0.1) is 0 Å². The Morgan fingerprint density at radius 3 is 2.69 bits per heavy atom. The second kappa shape index (κ2) is 3.38. The quantitative estimate of drug-likeness (QED) is 0.732. The molecule has 0 aliphatic carbocycles. The van der Waals surface area contributed by atoms with E-state index < -0.39 is 5.76 Å². The zero-order chi connectivity index (χ0) is 9.26. The monoisotopic (exact) mass is 199 g/mol. The molecule has 68 valence electrons.